The zero-order chi connectivity index (χ0) is 16.4. The van der Waals surface area contributed by atoms with Crippen LogP contribution in [0.5, 0.6) is 0 Å². The summed E-state index contributed by atoms with van der Waals surface area (Å²) in [5, 5.41) is 8.91. The van der Waals surface area contributed by atoms with Crippen LogP contribution in [0, 0.1) is 5.82 Å². The Balaban J connectivity index is 1.78. The second kappa shape index (κ2) is 6.08. The van der Waals surface area contributed by atoms with Crippen molar-refractivity contribution in [2.45, 2.75) is 6.42 Å². The number of hydrogen-bond donors (Lipinski definition) is 1. The van der Waals surface area contributed by atoms with Crippen LogP contribution in [0.4, 0.5) is 4.39 Å². The molecule has 1 aromatic heterocycles. The van der Waals surface area contributed by atoms with Gasteiger partial charge in [0.2, 0.25) is 0 Å². The molecule has 1 amide bonds. The lowest BCUT2D eigenvalue weighted by Gasteiger charge is -2.24. The molecule has 0 atom stereocenters. The Morgan fingerprint density at radius 2 is 1.96 bits per heavy atom. The average molecular weight is 315 g/mol. The van der Waals surface area contributed by atoms with Crippen LogP contribution in [0.3, 0.4) is 0 Å². The second-order valence-corrected chi connectivity index (χ2v) is 5.18. The van der Waals surface area contributed by atoms with Crippen molar-refractivity contribution in [2.24, 2.45) is 0 Å². The highest BCUT2D eigenvalue weighted by Crippen LogP contribution is 2.25. The van der Waals surface area contributed by atoms with Crippen molar-refractivity contribution >= 4 is 11.9 Å². The minimum atomic E-state index is -0.961. The minimum absolute atomic E-state index is 0.107. The summed E-state index contributed by atoms with van der Waals surface area (Å²) in [5.74, 6) is -1.33. The fourth-order valence-electron chi connectivity index (χ4n) is 2.46. The van der Waals surface area contributed by atoms with Gasteiger partial charge in [-0.15, -0.1) is 0 Å². The molecule has 23 heavy (non-hydrogen) atoms. The molecular weight excluding hydrogens is 301 g/mol. The van der Waals surface area contributed by atoms with E-state index in [1.807, 2.05) is 0 Å². The molecule has 0 saturated carbocycles. The zero-order valence-corrected chi connectivity index (χ0v) is 12.2. The molecule has 118 valence electrons. The number of carbonyl (C=O) groups excluding carboxylic acids is 1. The largest absolute Gasteiger partial charge is 0.478 e. The van der Waals surface area contributed by atoms with E-state index in [2.05, 4.69) is 0 Å². The first kappa shape index (κ1) is 15.0. The number of carboxylic acid groups (broad SMARTS) is 1. The number of aliphatic carboxylic acids is 1. The van der Waals surface area contributed by atoms with Crippen molar-refractivity contribution in [3.63, 3.8) is 0 Å². The molecule has 0 unspecified atom stereocenters. The molecule has 2 aromatic rings. The number of halogens is 1. The summed E-state index contributed by atoms with van der Waals surface area (Å²) in [6, 6.07) is 9.21. The normalized spacial score (nSPS) is 14.5. The Morgan fingerprint density at radius 1 is 1.17 bits per heavy atom. The Labute approximate surface area is 131 Å². The van der Waals surface area contributed by atoms with Crippen molar-refractivity contribution in [3.05, 3.63) is 59.6 Å². The van der Waals surface area contributed by atoms with Gasteiger partial charge in [0.25, 0.3) is 5.91 Å². The summed E-state index contributed by atoms with van der Waals surface area (Å²) < 4.78 is 19.2. The smallest absolute Gasteiger partial charge is 0.331 e. The highest BCUT2D eigenvalue weighted by atomic mass is 19.1. The third-order valence-corrected chi connectivity index (χ3v) is 3.73. The summed E-state index contributed by atoms with van der Waals surface area (Å²) in [4.78, 5) is 24.7. The molecule has 6 heteroatoms. The van der Waals surface area contributed by atoms with Crippen LogP contribution < -0.4 is 0 Å². The molecule has 0 spiro atoms. The van der Waals surface area contributed by atoms with Crippen molar-refractivity contribution in [1.29, 1.82) is 0 Å². The highest BCUT2D eigenvalue weighted by Gasteiger charge is 2.23. The van der Waals surface area contributed by atoms with Crippen molar-refractivity contribution < 1.29 is 23.5 Å². The average Bonchev–Trinajstić information content (AvgIpc) is 3.04. The van der Waals surface area contributed by atoms with Gasteiger partial charge >= 0.3 is 5.97 Å². The predicted molar refractivity (Wildman–Crippen MR) is 80.3 cm³/mol. The molecule has 3 rings (SSSR count). The maximum Gasteiger partial charge on any atom is 0.331 e. The van der Waals surface area contributed by atoms with E-state index in [0.717, 1.165) is 0 Å². The number of benzene rings is 1. The summed E-state index contributed by atoms with van der Waals surface area (Å²) in [6.07, 6.45) is 1.81. The van der Waals surface area contributed by atoms with Crippen LogP contribution in [-0.4, -0.2) is 35.0 Å². The Hall–Kier alpha value is -2.89. The quantitative estimate of drug-likeness (QED) is 0.945. The van der Waals surface area contributed by atoms with Crippen molar-refractivity contribution in [1.82, 2.24) is 4.90 Å². The standard InChI is InChI=1S/C17H14FNO4/c18-13-4-2-1-3-12(13)14-5-6-15(23-14)16(20)19-9-7-11(8-10-19)17(21)22/h1-7H,8-10H2,(H,21,22). The van der Waals surface area contributed by atoms with Crippen LogP contribution in [-0.2, 0) is 4.79 Å². The Bertz CT molecular complexity index is 793. The van der Waals surface area contributed by atoms with Crippen LogP contribution in [0.15, 0.2) is 52.5 Å². The number of furan rings is 1. The monoisotopic (exact) mass is 315 g/mol. The first-order valence-corrected chi connectivity index (χ1v) is 7.12. The summed E-state index contributed by atoms with van der Waals surface area (Å²) in [7, 11) is 0. The maximum atomic E-state index is 13.7. The molecule has 1 aliphatic rings. The highest BCUT2D eigenvalue weighted by molar-refractivity contribution is 5.93. The summed E-state index contributed by atoms with van der Waals surface area (Å²) in [5.41, 5.74) is 0.596. The number of carboxylic acids is 1. The number of carbonyl (C=O) groups is 2. The van der Waals surface area contributed by atoms with Gasteiger partial charge in [0, 0.05) is 18.7 Å². The van der Waals surface area contributed by atoms with E-state index < -0.39 is 11.8 Å². The topological polar surface area (TPSA) is 70.8 Å². The van der Waals surface area contributed by atoms with Crippen LogP contribution >= 0.6 is 0 Å². The minimum Gasteiger partial charge on any atom is -0.478 e. The van der Waals surface area contributed by atoms with E-state index in [4.69, 9.17) is 9.52 Å². The number of hydrogen-bond acceptors (Lipinski definition) is 3. The van der Waals surface area contributed by atoms with Gasteiger partial charge < -0.3 is 14.4 Å². The van der Waals surface area contributed by atoms with Gasteiger partial charge in [-0.25, -0.2) is 9.18 Å². The first-order chi connectivity index (χ1) is 11.1. The van der Waals surface area contributed by atoms with E-state index in [0.29, 0.717) is 24.1 Å². The fourth-order valence-corrected chi connectivity index (χ4v) is 2.46. The summed E-state index contributed by atoms with van der Waals surface area (Å²) >= 11 is 0. The SMILES string of the molecule is O=C(O)C1=CCN(C(=O)c2ccc(-c3ccccc3F)o2)CC1. The lowest BCUT2D eigenvalue weighted by atomic mass is 10.1. The number of rotatable bonds is 3. The lowest BCUT2D eigenvalue weighted by molar-refractivity contribution is -0.133. The van der Waals surface area contributed by atoms with E-state index in [9.17, 15) is 14.0 Å². The van der Waals surface area contributed by atoms with Gasteiger partial charge in [-0.1, -0.05) is 18.2 Å². The second-order valence-electron chi connectivity index (χ2n) is 5.18. The fraction of sp³-hybridized carbons (Fsp3) is 0.176. The number of amides is 1. The molecular formula is C17H14FNO4. The van der Waals surface area contributed by atoms with E-state index >= 15 is 0 Å². The third-order valence-electron chi connectivity index (χ3n) is 3.73. The first-order valence-electron chi connectivity index (χ1n) is 7.12. The molecule has 1 N–H and O–H groups in total. The van der Waals surface area contributed by atoms with Gasteiger partial charge in [-0.2, -0.15) is 0 Å². The molecule has 0 aliphatic carbocycles. The van der Waals surface area contributed by atoms with Gasteiger partial charge in [0.1, 0.15) is 11.6 Å². The van der Waals surface area contributed by atoms with Gasteiger partial charge in [-0.3, -0.25) is 4.79 Å². The van der Waals surface area contributed by atoms with Crippen molar-refractivity contribution in [3.8, 4) is 11.3 Å². The molecule has 1 aromatic carbocycles. The predicted octanol–water partition coefficient (Wildman–Crippen LogP) is 2.94. The molecule has 0 radical (unpaired) electrons. The van der Waals surface area contributed by atoms with Gasteiger partial charge in [0.05, 0.1) is 5.56 Å². The van der Waals surface area contributed by atoms with E-state index in [1.54, 1.807) is 24.3 Å². The molecule has 5 nitrogen and oxygen atoms in total. The molecule has 0 bridgehead atoms. The van der Waals surface area contributed by atoms with Gasteiger partial charge in [0.15, 0.2) is 5.76 Å². The molecule has 2 heterocycles. The van der Waals surface area contributed by atoms with Crippen LogP contribution in [0.25, 0.3) is 11.3 Å². The Morgan fingerprint density at radius 3 is 2.61 bits per heavy atom. The van der Waals surface area contributed by atoms with Crippen molar-refractivity contribution in [2.75, 3.05) is 13.1 Å². The van der Waals surface area contributed by atoms with Crippen LogP contribution in [0.1, 0.15) is 17.0 Å². The van der Waals surface area contributed by atoms with Gasteiger partial charge in [-0.05, 0) is 30.7 Å². The Kier molecular flexibility index (Phi) is 3.97. The third kappa shape index (κ3) is 3.01. The van der Waals surface area contributed by atoms with Crippen LogP contribution in [0.2, 0.25) is 0 Å². The molecule has 0 saturated heterocycles. The van der Waals surface area contributed by atoms with E-state index in [1.165, 1.54) is 23.1 Å². The maximum absolute atomic E-state index is 13.7. The number of nitrogens with zero attached hydrogens (tertiary/aromatic N) is 1. The molecule has 1 aliphatic heterocycles. The zero-order valence-electron chi connectivity index (χ0n) is 12.2. The lowest BCUT2D eigenvalue weighted by Crippen LogP contribution is -2.35. The van der Waals surface area contributed by atoms with E-state index in [-0.39, 0.29) is 24.0 Å². The summed E-state index contributed by atoms with van der Waals surface area (Å²) in [6.45, 7) is 0.531. The molecule has 0 fully saturated rings.